The predicted molar refractivity (Wildman–Crippen MR) is 92.4 cm³/mol. The molecule has 23 heavy (non-hydrogen) atoms. The molecular formula is C17H18ClO4P. The Morgan fingerprint density at radius 1 is 1.13 bits per heavy atom. The molecule has 0 heterocycles. The molecule has 0 aliphatic heterocycles. The van der Waals surface area contributed by atoms with Crippen molar-refractivity contribution in [3.05, 3.63) is 58.6 Å². The summed E-state index contributed by atoms with van der Waals surface area (Å²) < 4.78 is 21.7. The van der Waals surface area contributed by atoms with Crippen LogP contribution in [0.4, 0.5) is 0 Å². The van der Waals surface area contributed by atoms with Crippen molar-refractivity contribution in [2.75, 3.05) is 20.4 Å². The third kappa shape index (κ3) is 4.30. The van der Waals surface area contributed by atoms with Crippen molar-refractivity contribution in [1.82, 2.24) is 0 Å². The fraction of sp³-hybridized carbons (Fsp3) is 0.235. The molecule has 0 aromatic heterocycles. The fourth-order valence-corrected chi connectivity index (χ4v) is 3.45. The minimum absolute atomic E-state index is 0.287. The second-order valence-electron chi connectivity index (χ2n) is 5.10. The number of halogens is 1. The van der Waals surface area contributed by atoms with Crippen molar-refractivity contribution >= 4 is 25.0 Å². The minimum atomic E-state index is -3.37. The molecule has 0 atom stereocenters. The average molecular weight is 353 g/mol. The average Bonchev–Trinajstić information content (AvgIpc) is 2.54. The van der Waals surface area contributed by atoms with Crippen LogP contribution in [-0.2, 0) is 13.6 Å². The maximum atomic E-state index is 12.3. The van der Waals surface area contributed by atoms with Gasteiger partial charge in [-0.3, -0.25) is 9.36 Å². The van der Waals surface area contributed by atoms with Crippen molar-refractivity contribution < 1.29 is 18.4 Å². The normalized spacial score (nSPS) is 11.5. The van der Waals surface area contributed by atoms with E-state index in [9.17, 15) is 9.36 Å². The molecule has 0 saturated carbocycles. The van der Waals surface area contributed by atoms with Crippen molar-refractivity contribution in [3.63, 3.8) is 0 Å². The first kappa shape index (κ1) is 17.9. The third-order valence-corrected chi connectivity index (χ3v) is 5.60. The van der Waals surface area contributed by atoms with Crippen LogP contribution in [0, 0.1) is 6.92 Å². The zero-order valence-corrected chi connectivity index (χ0v) is 14.9. The van der Waals surface area contributed by atoms with E-state index in [0.717, 1.165) is 16.7 Å². The van der Waals surface area contributed by atoms with Crippen molar-refractivity contribution in [2.24, 2.45) is 0 Å². The van der Waals surface area contributed by atoms with Crippen LogP contribution in [0.15, 0.2) is 42.5 Å². The number of benzene rings is 2. The molecule has 0 amide bonds. The number of hydrogen-bond acceptors (Lipinski definition) is 4. The molecule has 2 aromatic carbocycles. The number of rotatable bonds is 6. The highest BCUT2D eigenvalue weighted by Gasteiger charge is 2.26. The summed E-state index contributed by atoms with van der Waals surface area (Å²) in [4.78, 5) is 12.3. The molecule has 0 aliphatic carbocycles. The van der Waals surface area contributed by atoms with E-state index in [2.05, 4.69) is 0 Å². The molecule has 122 valence electrons. The van der Waals surface area contributed by atoms with Crippen LogP contribution < -0.4 is 0 Å². The van der Waals surface area contributed by atoms with E-state index >= 15 is 0 Å². The molecule has 2 aromatic rings. The van der Waals surface area contributed by atoms with E-state index in [1.807, 2.05) is 31.2 Å². The summed E-state index contributed by atoms with van der Waals surface area (Å²) in [6.07, 6.45) is -0.289. The minimum Gasteiger partial charge on any atom is -0.312 e. The van der Waals surface area contributed by atoms with Gasteiger partial charge in [-0.15, -0.1) is 0 Å². The van der Waals surface area contributed by atoms with E-state index in [4.69, 9.17) is 20.6 Å². The van der Waals surface area contributed by atoms with Gasteiger partial charge in [-0.2, -0.15) is 0 Å². The van der Waals surface area contributed by atoms with Crippen LogP contribution in [0.25, 0.3) is 11.1 Å². The lowest BCUT2D eigenvalue weighted by Crippen LogP contribution is -2.08. The first-order valence-corrected chi connectivity index (χ1v) is 9.09. The number of Topliss-reactive ketones (excluding diaryl/α,β-unsaturated/α-hetero) is 1. The van der Waals surface area contributed by atoms with Gasteiger partial charge in [0.05, 0.1) is 0 Å². The summed E-state index contributed by atoms with van der Waals surface area (Å²) >= 11 is 5.98. The summed E-state index contributed by atoms with van der Waals surface area (Å²) in [5.41, 5.74) is 3.37. The highest BCUT2D eigenvalue weighted by atomic mass is 35.5. The van der Waals surface area contributed by atoms with Gasteiger partial charge in [0, 0.05) is 24.8 Å². The second-order valence-corrected chi connectivity index (χ2v) is 7.80. The molecule has 0 saturated heterocycles. The first-order chi connectivity index (χ1) is 10.9. The Bertz CT molecular complexity index is 765. The van der Waals surface area contributed by atoms with E-state index in [1.165, 1.54) is 14.2 Å². The smallest absolute Gasteiger partial charge is 0.312 e. The maximum Gasteiger partial charge on any atom is 0.337 e. The van der Waals surface area contributed by atoms with Crippen LogP contribution in [0.5, 0.6) is 0 Å². The van der Waals surface area contributed by atoms with Gasteiger partial charge in [-0.25, -0.2) is 0 Å². The zero-order chi connectivity index (χ0) is 17.0. The topological polar surface area (TPSA) is 52.6 Å². The quantitative estimate of drug-likeness (QED) is 0.543. The summed E-state index contributed by atoms with van der Waals surface area (Å²) in [6, 6.07) is 12.8. The van der Waals surface area contributed by atoms with Crippen molar-refractivity contribution in [2.45, 2.75) is 6.92 Å². The van der Waals surface area contributed by atoms with Crippen LogP contribution in [0.1, 0.15) is 15.9 Å². The molecular weight excluding hydrogens is 335 g/mol. The summed E-state index contributed by atoms with van der Waals surface area (Å²) in [5.74, 6) is -0.287. The Kier molecular flexibility index (Phi) is 5.77. The highest BCUT2D eigenvalue weighted by Crippen LogP contribution is 2.46. The van der Waals surface area contributed by atoms with Gasteiger partial charge in [-0.05, 0) is 41.8 Å². The lowest BCUT2D eigenvalue weighted by Gasteiger charge is -2.13. The van der Waals surface area contributed by atoms with Gasteiger partial charge in [0.15, 0.2) is 5.78 Å². The maximum absolute atomic E-state index is 12.3. The van der Waals surface area contributed by atoms with Gasteiger partial charge < -0.3 is 9.05 Å². The van der Waals surface area contributed by atoms with Crippen LogP contribution >= 0.6 is 19.2 Å². The number of carbonyl (C=O) groups excluding carboxylic acids is 1. The molecule has 0 aliphatic rings. The zero-order valence-electron chi connectivity index (χ0n) is 13.2. The molecule has 0 bridgehead atoms. The van der Waals surface area contributed by atoms with E-state index in [1.54, 1.807) is 18.2 Å². The number of ketones is 1. The van der Waals surface area contributed by atoms with Gasteiger partial charge in [0.25, 0.3) is 0 Å². The Hall–Kier alpha value is -1.45. The van der Waals surface area contributed by atoms with Gasteiger partial charge in [-0.1, -0.05) is 35.9 Å². The van der Waals surface area contributed by atoms with Crippen LogP contribution in [0.3, 0.4) is 0 Å². The number of hydrogen-bond donors (Lipinski definition) is 0. The number of aryl methyl sites for hydroxylation is 1. The highest BCUT2D eigenvalue weighted by molar-refractivity contribution is 7.54. The molecule has 2 rings (SSSR count). The van der Waals surface area contributed by atoms with E-state index in [-0.39, 0.29) is 11.9 Å². The standard InChI is InChI=1S/C17H18ClO4P/c1-12-9-15(18)7-8-16(12)13-5-4-6-14(10-13)17(19)11-23(20,21-2)22-3/h4-10H,11H2,1-3H3. The van der Waals surface area contributed by atoms with Crippen LogP contribution in [0.2, 0.25) is 5.02 Å². The lowest BCUT2D eigenvalue weighted by molar-refractivity contribution is 0.101. The monoisotopic (exact) mass is 352 g/mol. The molecule has 4 nitrogen and oxygen atoms in total. The van der Waals surface area contributed by atoms with E-state index < -0.39 is 7.60 Å². The van der Waals surface area contributed by atoms with Gasteiger partial charge in [0.1, 0.15) is 6.16 Å². The van der Waals surface area contributed by atoms with Crippen LogP contribution in [-0.4, -0.2) is 26.2 Å². The largest absolute Gasteiger partial charge is 0.337 e. The second kappa shape index (κ2) is 7.41. The summed E-state index contributed by atoms with van der Waals surface area (Å²) in [5, 5.41) is 0.666. The predicted octanol–water partition coefficient (Wildman–Crippen LogP) is 4.98. The molecule has 6 heteroatoms. The fourth-order valence-electron chi connectivity index (χ4n) is 2.28. The SMILES string of the molecule is COP(=O)(CC(=O)c1cccc(-c2ccc(Cl)cc2C)c1)OC. The molecule has 0 spiro atoms. The molecule has 0 fully saturated rings. The Labute approximate surface area is 140 Å². The number of carbonyl (C=O) groups is 1. The summed E-state index contributed by atoms with van der Waals surface area (Å²) in [6.45, 7) is 1.96. The molecule has 0 N–H and O–H groups in total. The molecule has 0 radical (unpaired) electrons. The Morgan fingerprint density at radius 3 is 2.43 bits per heavy atom. The summed E-state index contributed by atoms with van der Waals surface area (Å²) in [7, 11) is -0.835. The van der Waals surface area contributed by atoms with Crippen molar-refractivity contribution in [1.29, 1.82) is 0 Å². The Morgan fingerprint density at radius 2 is 1.83 bits per heavy atom. The Balaban J connectivity index is 2.33. The molecule has 0 unspecified atom stereocenters. The lowest BCUT2D eigenvalue weighted by atomic mass is 9.98. The van der Waals surface area contributed by atoms with Crippen molar-refractivity contribution in [3.8, 4) is 11.1 Å². The van der Waals surface area contributed by atoms with Gasteiger partial charge in [0.2, 0.25) is 0 Å². The van der Waals surface area contributed by atoms with Gasteiger partial charge >= 0.3 is 7.60 Å². The third-order valence-electron chi connectivity index (χ3n) is 3.58. The first-order valence-electron chi connectivity index (χ1n) is 6.99. The van der Waals surface area contributed by atoms with E-state index in [0.29, 0.717) is 10.6 Å².